The molecule has 1 aliphatic carbocycles. The maximum atomic E-state index is 11.9. The lowest BCUT2D eigenvalue weighted by Crippen LogP contribution is -2.46. The van der Waals surface area contributed by atoms with Crippen LogP contribution in [0.15, 0.2) is 12.4 Å². The van der Waals surface area contributed by atoms with Gasteiger partial charge in [-0.05, 0) is 31.1 Å². The van der Waals surface area contributed by atoms with Crippen molar-refractivity contribution in [3.05, 3.63) is 23.2 Å². The summed E-state index contributed by atoms with van der Waals surface area (Å²) in [6.07, 6.45) is 5.97. The summed E-state index contributed by atoms with van der Waals surface area (Å²) in [5, 5.41) is 13.4. The van der Waals surface area contributed by atoms with Crippen LogP contribution in [0.5, 0.6) is 0 Å². The number of carbonyl (C=O) groups excluding carboxylic acids is 1. The van der Waals surface area contributed by atoms with Gasteiger partial charge in [-0.15, -0.1) is 0 Å². The van der Waals surface area contributed by atoms with Crippen LogP contribution in [-0.4, -0.2) is 33.1 Å². The molecule has 0 atom stereocenters. The molecule has 20 heavy (non-hydrogen) atoms. The molecular formula is C14H20ClN3O2. The minimum Gasteiger partial charge on any atom is -0.388 e. The number of carbonyl (C=O) groups is 1. The van der Waals surface area contributed by atoms with Crippen LogP contribution in [0.4, 0.5) is 0 Å². The lowest BCUT2D eigenvalue weighted by Gasteiger charge is -2.40. The van der Waals surface area contributed by atoms with Crippen LogP contribution in [0.1, 0.15) is 50.0 Å². The normalized spacial score (nSPS) is 20.4. The molecule has 0 unspecified atom stereocenters. The fourth-order valence-electron chi connectivity index (χ4n) is 2.33. The highest BCUT2D eigenvalue weighted by molar-refractivity contribution is 6.29. The van der Waals surface area contributed by atoms with Crippen LogP contribution in [0.3, 0.4) is 0 Å². The van der Waals surface area contributed by atoms with Crippen molar-refractivity contribution in [1.29, 1.82) is 0 Å². The van der Waals surface area contributed by atoms with Gasteiger partial charge in [-0.1, -0.05) is 25.4 Å². The van der Waals surface area contributed by atoms with E-state index in [9.17, 15) is 9.90 Å². The van der Waals surface area contributed by atoms with Gasteiger partial charge in [0.1, 0.15) is 10.8 Å². The second kappa shape index (κ2) is 5.66. The molecule has 2 rings (SSSR count). The Labute approximate surface area is 123 Å². The minimum atomic E-state index is -0.814. The van der Waals surface area contributed by atoms with Crippen molar-refractivity contribution in [3.63, 3.8) is 0 Å². The molecule has 0 radical (unpaired) electrons. The number of hydrogen-bond donors (Lipinski definition) is 2. The molecule has 0 aromatic carbocycles. The zero-order valence-electron chi connectivity index (χ0n) is 11.8. The van der Waals surface area contributed by atoms with E-state index in [1.165, 1.54) is 12.4 Å². The van der Waals surface area contributed by atoms with Gasteiger partial charge in [0.15, 0.2) is 0 Å². The summed E-state index contributed by atoms with van der Waals surface area (Å²) in [6, 6.07) is 0. The average molecular weight is 298 g/mol. The number of aliphatic hydroxyl groups is 1. The number of rotatable bonds is 3. The predicted molar refractivity (Wildman–Crippen MR) is 76.6 cm³/mol. The maximum absolute atomic E-state index is 11.9. The van der Waals surface area contributed by atoms with Gasteiger partial charge >= 0.3 is 0 Å². The predicted octanol–water partition coefficient (Wildman–Crippen LogP) is 2.19. The van der Waals surface area contributed by atoms with E-state index in [1.807, 2.05) is 0 Å². The first kappa shape index (κ1) is 15.2. The number of nitrogens with zero attached hydrogens (tertiary/aromatic N) is 2. The van der Waals surface area contributed by atoms with E-state index in [0.29, 0.717) is 12.8 Å². The van der Waals surface area contributed by atoms with Crippen LogP contribution in [0.25, 0.3) is 0 Å². The van der Waals surface area contributed by atoms with Crippen molar-refractivity contribution in [2.75, 3.05) is 6.54 Å². The molecule has 1 saturated carbocycles. The zero-order chi connectivity index (χ0) is 14.8. The molecule has 0 saturated heterocycles. The molecule has 1 aromatic heterocycles. The highest BCUT2D eigenvalue weighted by atomic mass is 35.5. The number of aromatic nitrogens is 2. The highest BCUT2D eigenvalue weighted by Crippen LogP contribution is 2.39. The summed E-state index contributed by atoms with van der Waals surface area (Å²) in [6.45, 7) is 4.65. The Balaban J connectivity index is 1.89. The monoisotopic (exact) mass is 297 g/mol. The minimum absolute atomic E-state index is 0.203. The summed E-state index contributed by atoms with van der Waals surface area (Å²) in [5.74, 6) is -0.340. The summed E-state index contributed by atoms with van der Waals surface area (Å²) in [4.78, 5) is 19.6. The van der Waals surface area contributed by atoms with E-state index in [4.69, 9.17) is 11.6 Å². The van der Waals surface area contributed by atoms with Gasteiger partial charge in [-0.25, -0.2) is 9.97 Å². The third-order valence-electron chi connectivity index (χ3n) is 3.97. The Morgan fingerprint density at radius 2 is 1.95 bits per heavy atom. The van der Waals surface area contributed by atoms with Crippen LogP contribution < -0.4 is 5.32 Å². The maximum Gasteiger partial charge on any atom is 0.271 e. The Kier molecular flexibility index (Phi) is 4.30. The first-order chi connectivity index (χ1) is 9.30. The molecule has 0 bridgehead atoms. The molecule has 6 heteroatoms. The first-order valence-corrected chi connectivity index (χ1v) is 7.16. The largest absolute Gasteiger partial charge is 0.388 e. The van der Waals surface area contributed by atoms with Gasteiger partial charge in [0.05, 0.1) is 18.0 Å². The molecule has 1 fully saturated rings. The second-order valence-corrected chi connectivity index (χ2v) is 6.68. The second-order valence-electron chi connectivity index (χ2n) is 6.30. The van der Waals surface area contributed by atoms with Crippen LogP contribution in [-0.2, 0) is 0 Å². The third-order valence-corrected chi connectivity index (χ3v) is 4.16. The fraction of sp³-hybridized carbons (Fsp3) is 0.643. The molecule has 1 amide bonds. The van der Waals surface area contributed by atoms with Gasteiger partial charge in [-0.3, -0.25) is 4.79 Å². The Morgan fingerprint density at radius 3 is 2.50 bits per heavy atom. The Morgan fingerprint density at radius 1 is 1.30 bits per heavy atom. The van der Waals surface area contributed by atoms with Gasteiger partial charge in [-0.2, -0.15) is 0 Å². The standard InChI is InChI=1S/C14H20ClN3O2/c1-13(2)3-5-14(20,6-4-13)9-18-12(19)10-7-17-11(15)8-16-10/h7-8,20H,3-6,9H2,1-2H3,(H,18,19). The van der Waals surface area contributed by atoms with E-state index in [-0.39, 0.29) is 28.7 Å². The van der Waals surface area contributed by atoms with E-state index < -0.39 is 5.60 Å². The number of nitrogens with one attached hydrogen (secondary N) is 1. The van der Waals surface area contributed by atoms with Gasteiger partial charge in [0.25, 0.3) is 5.91 Å². The third kappa shape index (κ3) is 3.90. The highest BCUT2D eigenvalue weighted by Gasteiger charge is 2.36. The lowest BCUT2D eigenvalue weighted by molar-refractivity contribution is -0.0233. The molecule has 5 nitrogen and oxygen atoms in total. The Bertz CT molecular complexity index is 478. The SMILES string of the molecule is CC1(C)CCC(O)(CNC(=O)c2cnc(Cl)cn2)CC1. The van der Waals surface area contributed by atoms with Crippen LogP contribution >= 0.6 is 11.6 Å². The smallest absolute Gasteiger partial charge is 0.271 e. The molecule has 2 N–H and O–H groups in total. The van der Waals surface area contributed by atoms with Crippen molar-refractivity contribution in [1.82, 2.24) is 15.3 Å². The van der Waals surface area contributed by atoms with Crippen LogP contribution in [0, 0.1) is 5.41 Å². The molecule has 0 spiro atoms. The molecule has 1 aromatic rings. The van der Waals surface area contributed by atoms with Crippen molar-refractivity contribution in [2.45, 2.75) is 45.1 Å². The molecule has 0 aliphatic heterocycles. The topological polar surface area (TPSA) is 75.1 Å². The van der Waals surface area contributed by atoms with Gasteiger partial charge in [0.2, 0.25) is 0 Å². The van der Waals surface area contributed by atoms with E-state index in [1.54, 1.807) is 0 Å². The fourth-order valence-corrected chi connectivity index (χ4v) is 2.43. The molecule has 1 aliphatic rings. The number of halogens is 1. The molecule has 110 valence electrons. The summed E-state index contributed by atoms with van der Waals surface area (Å²) < 4.78 is 0. The van der Waals surface area contributed by atoms with Crippen molar-refractivity contribution in [3.8, 4) is 0 Å². The quantitative estimate of drug-likeness (QED) is 0.897. The van der Waals surface area contributed by atoms with Crippen molar-refractivity contribution in [2.24, 2.45) is 5.41 Å². The van der Waals surface area contributed by atoms with Crippen molar-refractivity contribution < 1.29 is 9.90 Å². The molecule has 1 heterocycles. The summed E-state index contributed by atoms with van der Waals surface area (Å²) >= 11 is 5.62. The van der Waals surface area contributed by atoms with Gasteiger partial charge in [0, 0.05) is 6.54 Å². The summed E-state index contributed by atoms with van der Waals surface area (Å²) in [7, 11) is 0. The first-order valence-electron chi connectivity index (χ1n) is 6.78. The van der Waals surface area contributed by atoms with E-state index in [0.717, 1.165) is 12.8 Å². The number of hydrogen-bond acceptors (Lipinski definition) is 4. The zero-order valence-corrected chi connectivity index (χ0v) is 12.6. The van der Waals surface area contributed by atoms with Gasteiger partial charge < -0.3 is 10.4 Å². The number of amides is 1. The van der Waals surface area contributed by atoms with Crippen LogP contribution in [0.2, 0.25) is 5.15 Å². The molecular weight excluding hydrogens is 278 g/mol. The average Bonchev–Trinajstić information content (AvgIpc) is 2.41. The Hall–Kier alpha value is -1.20. The summed E-state index contributed by atoms with van der Waals surface area (Å²) in [5.41, 5.74) is -0.336. The van der Waals surface area contributed by atoms with E-state index >= 15 is 0 Å². The van der Waals surface area contributed by atoms with Crippen molar-refractivity contribution >= 4 is 17.5 Å². The van der Waals surface area contributed by atoms with E-state index in [2.05, 4.69) is 29.1 Å². The lowest BCUT2D eigenvalue weighted by atomic mass is 9.71.